The van der Waals surface area contributed by atoms with Gasteiger partial charge in [0.1, 0.15) is 11.6 Å². The lowest BCUT2D eigenvalue weighted by molar-refractivity contribution is 0.0755. The average molecular weight is 521 g/mol. The van der Waals surface area contributed by atoms with E-state index >= 15 is 0 Å². The molecule has 1 unspecified atom stereocenters. The Hall–Kier alpha value is -3.58. The van der Waals surface area contributed by atoms with E-state index in [9.17, 15) is 18.4 Å². The van der Waals surface area contributed by atoms with Crippen molar-refractivity contribution in [2.75, 3.05) is 19.6 Å². The van der Waals surface area contributed by atoms with Crippen LogP contribution in [0, 0.1) is 18.1 Å². The Labute approximate surface area is 224 Å². The minimum Gasteiger partial charge on any atom is -0.349 e. The summed E-state index contributed by atoms with van der Waals surface area (Å²) < 4.78 is 27.6. The largest absolute Gasteiger partial charge is 0.349 e. The van der Waals surface area contributed by atoms with Gasteiger partial charge >= 0.3 is 0 Å². The Morgan fingerprint density at radius 2 is 1.50 bits per heavy atom. The molecule has 0 fully saturated rings. The third-order valence-electron chi connectivity index (χ3n) is 6.06. The van der Waals surface area contributed by atoms with Crippen molar-refractivity contribution in [3.8, 4) is 0 Å². The predicted octanol–water partition coefficient (Wildman–Crippen LogP) is 5.56. The second-order valence-electron chi connectivity index (χ2n) is 9.29. The van der Waals surface area contributed by atoms with Gasteiger partial charge in [-0.05, 0) is 67.1 Å². The number of hydrogen-bond acceptors (Lipinski definition) is 3. The molecule has 2 N–H and O–H groups in total. The minimum absolute atomic E-state index is 0.105. The highest BCUT2D eigenvalue weighted by atomic mass is 19.1. The molecule has 0 bridgehead atoms. The van der Waals surface area contributed by atoms with Crippen LogP contribution in [-0.2, 0) is 13.0 Å². The van der Waals surface area contributed by atoms with Gasteiger partial charge in [-0.1, -0.05) is 50.2 Å². The summed E-state index contributed by atoms with van der Waals surface area (Å²) in [4.78, 5) is 28.0. The summed E-state index contributed by atoms with van der Waals surface area (Å²) in [5.74, 6) is -1.80. The normalized spacial score (nSPS) is 11.7. The topological polar surface area (TPSA) is 61.4 Å². The SMILES string of the molecule is CCCN(CCC)C(=O)c1cccc(C(=O)NC([CH]CNCc2ccccc2)Cc2cc(F)cc(F)c2)c1. The summed E-state index contributed by atoms with van der Waals surface area (Å²) in [5.41, 5.74) is 2.36. The van der Waals surface area contributed by atoms with Crippen LogP contribution in [0.15, 0.2) is 72.8 Å². The van der Waals surface area contributed by atoms with Gasteiger partial charge in [-0.25, -0.2) is 8.78 Å². The first-order chi connectivity index (χ1) is 18.4. The molecule has 2 amide bonds. The number of hydrogen-bond donors (Lipinski definition) is 2. The molecule has 5 nitrogen and oxygen atoms in total. The van der Waals surface area contributed by atoms with E-state index in [-0.39, 0.29) is 18.2 Å². The molecule has 201 valence electrons. The maximum absolute atomic E-state index is 13.8. The van der Waals surface area contributed by atoms with Crippen molar-refractivity contribution < 1.29 is 18.4 Å². The molecular weight excluding hydrogens is 484 g/mol. The molecule has 0 aliphatic carbocycles. The van der Waals surface area contributed by atoms with E-state index in [1.807, 2.05) is 50.6 Å². The van der Waals surface area contributed by atoms with Gasteiger partial charge in [-0.15, -0.1) is 0 Å². The molecule has 3 aromatic rings. The maximum Gasteiger partial charge on any atom is 0.253 e. The third-order valence-corrected chi connectivity index (χ3v) is 6.06. The predicted molar refractivity (Wildman–Crippen MR) is 147 cm³/mol. The molecule has 1 atom stereocenters. The number of carbonyl (C=O) groups excluding carboxylic acids is 2. The van der Waals surface area contributed by atoms with E-state index in [1.165, 1.54) is 12.1 Å². The van der Waals surface area contributed by atoms with Crippen LogP contribution < -0.4 is 10.6 Å². The minimum atomic E-state index is -0.665. The first-order valence-electron chi connectivity index (χ1n) is 13.1. The molecule has 0 saturated heterocycles. The number of rotatable bonds is 14. The van der Waals surface area contributed by atoms with Crippen molar-refractivity contribution in [2.24, 2.45) is 0 Å². The van der Waals surface area contributed by atoms with Gasteiger partial charge < -0.3 is 15.5 Å². The molecule has 0 heterocycles. The zero-order valence-corrected chi connectivity index (χ0v) is 22.1. The fourth-order valence-electron chi connectivity index (χ4n) is 4.30. The summed E-state index contributed by atoms with van der Waals surface area (Å²) in [6.45, 7) is 6.47. The van der Waals surface area contributed by atoms with E-state index in [0.717, 1.165) is 24.5 Å². The average Bonchev–Trinajstić information content (AvgIpc) is 2.90. The summed E-state index contributed by atoms with van der Waals surface area (Å²) >= 11 is 0. The molecule has 0 spiro atoms. The van der Waals surface area contributed by atoms with E-state index in [2.05, 4.69) is 10.6 Å². The van der Waals surface area contributed by atoms with Crippen molar-refractivity contribution >= 4 is 11.8 Å². The van der Waals surface area contributed by atoms with Crippen molar-refractivity contribution in [1.29, 1.82) is 0 Å². The number of carbonyl (C=O) groups is 2. The Kier molecular flexibility index (Phi) is 11.4. The van der Waals surface area contributed by atoms with Crippen LogP contribution in [-0.4, -0.2) is 42.4 Å². The van der Waals surface area contributed by atoms with Crippen LogP contribution in [0.2, 0.25) is 0 Å². The second kappa shape index (κ2) is 15.0. The Balaban J connectivity index is 1.71. The number of benzene rings is 3. The molecule has 7 heteroatoms. The van der Waals surface area contributed by atoms with Crippen molar-refractivity contribution in [3.63, 3.8) is 0 Å². The smallest absolute Gasteiger partial charge is 0.253 e. The summed E-state index contributed by atoms with van der Waals surface area (Å²) in [5, 5.41) is 6.27. The van der Waals surface area contributed by atoms with Crippen LogP contribution >= 0.6 is 0 Å². The number of nitrogens with zero attached hydrogens (tertiary/aromatic N) is 1. The zero-order chi connectivity index (χ0) is 27.3. The number of amides is 2. The van der Waals surface area contributed by atoms with Crippen LogP contribution in [0.4, 0.5) is 8.78 Å². The van der Waals surface area contributed by atoms with Crippen molar-refractivity contribution in [2.45, 2.75) is 45.7 Å². The molecule has 0 saturated carbocycles. The van der Waals surface area contributed by atoms with Crippen LogP contribution in [0.3, 0.4) is 0 Å². The number of halogens is 2. The highest BCUT2D eigenvalue weighted by molar-refractivity contribution is 5.99. The van der Waals surface area contributed by atoms with Gasteiger partial charge in [0.2, 0.25) is 0 Å². The van der Waals surface area contributed by atoms with E-state index in [1.54, 1.807) is 29.2 Å². The van der Waals surface area contributed by atoms with Gasteiger partial charge in [0.15, 0.2) is 0 Å². The molecule has 38 heavy (non-hydrogen) atoms. The van der Waals surface area contributed by atoms with Gasteiger partial charge in [-0.3, -0.25) is 9.59 Å². The van der Waals surface area contributed by atoms with E-state index < -0.39 is 17.7 Å². The lowest BCUT2D eigenvalue weighted by Gasteiger charge is -2.22. The highest BCUT2D eigenvalue weighted by Gasteiger charge is 2.19. The number of nitrogens with one attached hydrogen (secondary N) is 2. The summed E-state index contributed by atoms with van der Waals surface area (Å²) in [6.07, 6.45) is 3.79. The van der Waals surface area contributed by atoms with Gasteiger partial charge in [0.05, 0.1) is 0 Å². The molecule has 3 aromatic carbocycles. The standard InChI is InChI=1S/C31H36F2N3O2/c1-3-15-36(16-4-2)31(38)26-12-8-11-25(20-26)30(37)35-29(19-24-17-27(32)21-28(33)18-24)13-14-34-22-23-9-6-5-7-10-23/h5-13,17-18,20-21,29,34H,3-4,14-16,19,22H2,1-2H3,(H,35,37). The van der Waals surface area contributed by atoms with Crippen molar-refractivity contribution in [1.82, 2.24) is 15.5 Å². The fraction of sp³-hybridized carbons (Fsp3) is 0.323. The Morgan fingerprint density at radius 1 is 0.842 bits per heavy atom. The third kappa shape index (κ3) is 9.06. The fourth-order valence-corrected chi connectivity index (χ4v) is 4.30. The quantitative estimate of drug-likeness (QED) is 0.274. The highest BCUT2D eigenvalue weighted by Crippen LogP contribution is 2.14. The Morgan fingerprint density at radius 3 is 2.16 bits per heavy atom. The first-order valence-corrected chi connectivity index (χ1v) is 13.1. The van der Waals surface area contributed by atoms with Crippen LogP contribution in [0.25, 0.3) is 0 Å². The molecule has 0 aromatic heterocycles. The summed E-state index contributed by atoms with van der Waals surface area (Å²) in [6, 6.07) is 19.4. The molecule has 0 aliphatic heterocycles. The van der Waals surface area contributed by atoms with Crippen LogP contribution in [0.5, 0.6) is 0 Å². The molecule has 1 radical (unpaired) electrons. The lowest BCUT2D eigenvalue weighted by Crippen LogP contribution is -2.39. The zero-order valence-electron chi connectivity index (χ0n) is 22.1. The van der Waals surface area contributed by atoms with Gasteiger partial charge in [-0.2, -0.15) is 0 Å². The molecule has 0 aliphatic rings. The lowest BCUT2D eigenvalue weighted by atomic mass is 10.0. The monoisotopic (exact) mass is 520 g/mol. The van der Waals surface area contributed by atoms with Crippen LogP contribution in [0.1, 0.15) is 58.5 Å². The van der Waals surface area contributed by atoms with E-state index in [4.69, 9.17) is 0 Å². The van der Waals surface area contributed by atoms with E-state index in [0.29, 0.717) is 42.9 Å². The Bertz CT molecular complexity index is 1160. The maximum atomic E-state index is 13.8. The molecule has 3 rings (SSSR count). The first kappa shape index (κ1) is 29.0. The van der Waals surface area contributed by atoms with Gasteiger partial charge in [0, 0.05) is 49.4 Å². The molecular formula is C31H36F2N3O2. The van der Waals surface area contributed by atoms with Gasteiger partial charge in [0.25, 0.3) is 11.8 Å². The second-order valence-corrected chi connectivity index (χ2v) is 9.29. The van der Waals surface area contributed by atoms with Crippen molar-refractivity contribution in [3.05, 3.63) is 113 Å². The summed E-state index contributed by atoms with van der Waals surface area (Å²) in [7, 11) is 0.